The lowest BCUT2D eigenvalue weighted by Crippen LogP contribution is -2.10. The van der Waals surface area contributed by atoms with Crippen LogP contribution in [-0.4, -0.2) is 15.0 Å². The van der Waals surface area contributed by atoms with Crippen LogP contribution in [0.3, 0.4) is 0 Å². The van der Waals surface area contributed by atoms with Gasteiger partial charge in [0.05, 0.1) is 22.8 Å². The molecule has 0 saturated carbocycles. The van der Waals surface area contributed by atoms with Gasteiger partial charge in [-0.15, -0.1) is 0 Å². The quantitative estimate of drug-likeness (QED) is 0.157. The Labute approximate surface area is 325 Å². The van der Waals surface area contributed by atoms with E-state index in [0.717, 1.165) is 73.1 Å². The van der Waals surface area contributed by atoms with Gasteiger partial charge < -0.3 is 0 Å². The molecule has 3 nitrogen and oxygen atoms in total. The molecule has 0 aliphatic heterocycles. The van der Waals surface area contributed by atoms with Crippen LogP contribution < -0.4 is 0 Å². The third kappa shape index (κ3) is 7.93. The number of benzene rings is 6. The van der Waals surface area contributed by atoms with E-state index in [1.807, 2.05) is 18.2 Å². The minimum atomic E-state index is 0.0354. The lowest BCUT2D eigenvalue weighted by Gasteiger charge is -2.20. The molecule has 6 aromatic carbocycles. The molecule has 0 aliphatic rings. The monoisotopic (exact) mass is 711 g/mol. The Morgan fingerprint density at radius 3 is 1.35 bits per heavy atom. The van der Waals surface area contributed by atoms with E-state index >= 15 is 0 Å². The van der Waals surface area contributed by atoms with Crippen LogP contribution in [-0.2, 0) is 5.41 Å². The SMILES string of the molecule is CC(C)c1cccc(-c2cc(-c3ccccc3)cc(-c3ccc(-c4ccc(-c5cc(-c6cccc(C(C)(C)C)c6)nc(-c6ccccc6)n5)cc4)cc3)n2)c1. The molecule has 8 rings (SSSR count). The number of aromatic nitrogens is 3. The molecule has 8 aromatic rings. The van der Waals surface area contributed by atoms with Crippen LogP contribution >= 0.6 is 0 Å². The Kier molecular flexibility index (Phi) is 9.78. The third-order valence-corrected chi connectivity index (χ3v) is 10.3. The van der Waals surface area contributed by atoms with E-state index in [1.54, 1.807) is 0 Å². The molecule has 0 spiro atoms. The van der Waals surface area contributed by atoms with Crippen LogP contribution in [0.1, 0.15) is 51.7 Å². The predicted molar refractivity (Wildman–Crippen MR) is 231 cm³/mol. The average Bonchev–Trinajstić information content (AvgIpc) is 3.24. The molecule has 0 fully saturated rings. The summed E-state index contributed by atoms with van der Waals surface area (Å²) in [5, 5.41) is 0. The molecule has 0 amide bonds. The first-order chi connectivity index (χ1) is 26.7. The summed E-state index contributed by atoms with van der Waals surface area (Å²) in [5.74, 6) is 1.16. The minimum absolute atomic E-state index is 0.0354. The van der Waals surface area contributed by atoms with Gasteiger partial charge >= 0.3 is 0 Å². The predicted octanol–water partition coefficient (Wildman–Crippen LogP) is 14.0. The molecule has 0 radical (unpaired) electrons. The van der Waals surface area contributed by atoms with Gasteiger partial charge in [-0.2, -0.15) is 0 Å². The zero-order valence-corrected chi connectivity index (χ0v) is 32.2. The standard InChI is InChI=1S/C52H45N3/c1-35(2)42-18-12-19-43(30-42)48-33-45(36-14-8-6-9-15-36)32-47(53-48)39-26-22-37(23-27-39)38-24-28-40(29-25-38)49-34-50(44-20-13-21-46(31-44)52(3,4)5)55-51(54-49)41-16-10-7-11-17-41/h6-35H,1-5H3. The summed E-state index contributed by atoms with van der Waals surface area (Å²) < 4.78 is 0. The number of nitrogens with zero attached hydrogens (tertiary/aromatic N) is 3. The zero-order chi connectivity index (χ0) is 37.9. The topological polar surface area (TPSA) is 38.7 Å². The van der Waals surface area contributed by atoms with Crippen LogP contribution in [0.2, 0.25) is 0 Å². The lowest BCUT2D eigenvalue weighted by atomic mass is 9.86. The van der Waals surface area contributed by atoms with Crippen molar-refractivity contribution in [2.45, 2.75) is 46.0 Å². The highest BCUT2D eigenvalue weighted by molar-refractivity contribution is 5.79. The van der Waals surface area contributed by atoms with E-state index in [4.69, 9.17) is 15.0 Å². The Morgan fingerprint density at radius 1 is 0.345 bits per heavy atom. The molecular formula is C52H45N3. The molecule has 0 unspecified atom stereocenters. The normalized spacial score (nSPS) is 11.5. The highest BCUT2D eigenvalue weighted by atomic mass is 14.9. The first-order valence-electron chi connectivity index (χ1n) is 19.1. The first-order valence-corrected chi connectivity index (χ1v) is 19.1. The van der Waals surface area contributed by atoms with Crippen molar-refractivity contribution in [2.75, 3.05) is 0 Å². The molecule has 0 aliphatic carbocycles. The summed E-state index contributed by atoms with van der Waals surface area (Å²) in [7, 11) is 0. The van der Waals surface area contributed by atoms with Gasteiger partial charge in [0.1, 0.15) is 0 Å². The Bertz CT molecular complexity index is 2560. The molecule has 0 N–H and O–H groups in total. The van der Waals surface area contributed by atoms with Crippen molar-refractivity contribution in [3.63, 3.8) is 0 Å². The van der Waals surface area contributed by atoms with Crippen LogP contribution in [0, 0.1) is 0 Å². The van der Waals surface area contributed by atoms with Crippen LogP contribution in [0.25, 0.3) is 78.7 Å². The summed E-state index contributed by atoms with van der Waals surface area (Å²) in [6.07, 6.45) is 0. The van der Waals surface area contributed by atoms with Gasteiger partial charge in [-0.1, -0.05) is 180 Å². The highest BCUT2D eigenvalue weighted by Gasteiger charge is 2.17. The Hall–Kier alpha value is -6.45. The maximum absolute atomic E-state index is 5.21. The smallest absolute Gasteiger partial charge is 0.160 e. The maximum atomic E-state index is 5.21. The lowest BCUT2D eigenvalue weighted by molar-refractivity contribution is 0.590. The maximum Gasteiger partial charge on any atom is 0.160 e. The van der Waals surface area contributed by atoms with Gasteiger partial charge in [0.2, 0.25) is 0 Å². The average molecular weight is 712 g/mol. The molecule has 0 bridgehead atoms. The molecule has 2 heterocycles. The number of rotatable bonds is 8. The van der Waals surface area contributed by atoms with Gasteiger partial charge in [-0.3, -0.25) is 0 Å². The number of pyridine rings is 1. The van der Waals surface area contributed by atoms with Crippen LogP contribution in [0.15, 0.2) is 176 Å². The van der Waals surface area contributed by atoms with Gasteiger partial charge in [-0.25, -0.2) is 15.0 Å². The first kappa shape index (κ1) is 35.6. The summed E-state index contributed by atoms with van der Waals surface area (Å²) in [5.41, 5.74) is 16.3. The van der Waals surface area contributed by atoms with Crippen molar-refractivity contribution in [3.05, 3.63) is 187 Å². The minimum Gasteiger partial charge on any atom is -0.248 e. The fourth-order valence-electron chi connectivity index (χ4n) is 6.95. The fraction of sp³-hybridized carbons (Fsp3) is 0.135. The van der Waals surface area contributed by atoms with Crippen molar-refractivity contribution in [1.29, 1.82) is 0 Å². The van der Waals surface area contributed by atoms with Crippen molar-refractivity contribution >= 4 is 0 Å². The van der Waals surface area contributed by atoms with Gasteiger partial charge in [0.15, 0.2) is 5.82 Å². The number of hydrogen-bond donors (Lipinski definition) is 0. The van der Waals surface area contributed by atoms with E-state index in [0.29, 0.717) is 5.92 Å². The Balaban J connectivity index is 1.12. The van der Waals surface area contributed by atoms with Crippen molar-refractivity contribution < 1.29 is 0 Å². The van der Waals surface area contributed by atoms with Gasteiger partial charge in [0, 0.05) is 27.8 Å². The summed E-state index contributed by atoms with van der Waals surface area (Å²) >= 11 is 0. The molecule has 3 heteroatoms. The molecular weight excluding hydrogens is 667 g/mol. The molecule has 55 heavy (non-hydrogen) atoms. The second-order valence-electron chi connectivity index (χ2n) is 15.6. The third-order valence-electron chi connectivity index (χ3n) is 10.3. The van der Waals surface area contributed by atoms with E-state index < -0.39 is 0 Å². The van der Waals surface area contributed by atoms with E-state index in [2.05, 4.69) is 192 Å². The van der Waals surface area contributed by atoms with Crippen molar-refractivity contribution in [1.82, 2.24) is 15.0 Å². The van der Waals surface area contributed by atoms with E-state index in [9.17, 15) is 0 Å². The summed E-state index contributed by atoms with van der Waals surface area (Å²) in [6.45, 7) is 11.2. The van der Waals surface area contributed by atoms with Gasteiger partial charge in [-0.05, 0) is 75.0 Å². The zero-order valence-electron chi connectivity index (χ0n) is 32.2. The second-order valence-corrected chi connectivity index (χ2v) is 15.6. The van der Waals surface area contributed by atoms with E-state index in [-0.39, 0.29) is 5.41 Å². The fourth-order valence-corrected chi connectivity index (χ4v) is 6.95. The van der Waals surface area contributed by atoms with Crippen molar-refractivity contribution in [3.8, 4) is 78.7 Å². The molecule has 0 saturated heterocycles. The van der Waals surface area contributed by atoms with Crippen LogP contribution in [0.4, 0.5) is 0 Å². The largest absolute Gasteiger partial charge is 0.248 e. The summed E-state index contributed by atoms with van der Waals surface area (Å²) in [6, 6.07) is 62.2. The molecule has 268 valence electrons. The number of hydrogen-bond acceptors (Lipinski definition) is 3. The second kappa shape index (κ2) is 15.1. The van der Waals surface area contributed by atoms with Gasteiger partial charge in [0.25, 0.3) is 0 Å². The summed E-state index contributed by atoms with van der Waals surface area (Å²) in [4.78, 5) is 15.3. The Morgan fingerprint density at radius 2 is 0.782 bits per heavy atom. The van der Waals surface area contributed by atoms with E-state index in [1.165, 1.54) is 16.7 Å². The van der Waals surface area contributed by atoms with Crippen molar-refractivity contribution in [2.24, 2.45) is 0 Å². The van der Waals surface area contributed by atoms with Crippen LogP contribution in [0.5, 0.6) is 0 Å². The molecule has 0 atom stereocenters. The molecule has 2 aromatic heterocycles. The highest BCUT2D eigenvalue weighted by Crippen LogP contribution is 2.34.